The second kappa shape index (κ2) is 9.08. The fourth-order valence-electron chi connectivity index (χ4n) is 4.38. The molecule has 34 heavy (non-hydrogen) atoms. The van der Waals surface area contributed by atoms with E-state index in [1.54, 1.807) is 18.6 Å². The Labute approximate surface area is 202 Å². The van der Waals surface area contributed by atoms with Crippen LogP contribution < -0.4 is 5.32 Å². The molecule has 5 rings (SSSR count). The number of hydrogen-bond donors (Lipinski definition) is 2. The number of piperidine rings is 1. The number of nitrogens with zero attached hydrogens (tertiary/aromatic N) is 6. The molecule has 4 heterocycles. The van der Waals surface area contributed by atoms with E-state index in [9.17, 15) is 4.79 Å². The van der Waals surface area contributed by atoms with Crippen LogP contribution in [-0.2, 0) is 7.05 Å². The van der Waals surface area contributed by atoms with Crippen LogP contribution in [0.2, 0.25) is 5.02 Å². The number of nitrogens with one attached hydrogen (secondary N) is 2. The first-order valence-corrected chi connectivity index (χ1v) is 11.6. The molecular formula is C24H27ClN8O. The standard InChI is InChI=1S/C24H27ClN8O/c1-31(2)17-5-8-33(9-6-17)23(34)20-11-15-10-16(12-18(25)22(15)29-20)28-24-26-7-4-19(30-24)21-13-32(3)14-27-21/h4,7,10-14,17,29H,5-6,8-9H2,1-3H3,(H,26,28,30). The van der Waals surface area contributed by atoms with Crippen LogP contribution in [0.5, 0.6) is 0 Å². The topological polar surface area (TPSA) is 95.0 Å². The van der Waals surface area contributed by atoms with Gasteiger partial charge in [0, 0.05) is 49.6 Å². The molecule has 0 aliphatic carbocycles. The number of likely N-dealkylation sites (tertiary alicyclic amines) is 1. The molecule has 176 valence electrons. The van der Waals surface area contributed by atoms with E-state index < -0.39 is 0 Å². The monoisotopic (exact) mass is 478 g/mol. The van der Waals surface area contributed by atoms with Gasteiger partial charge in [-0.15, -0.1) is 0 Å². The van der Waals surface area contributed by atoms with Crippen molar-refractivity contribution in [3.63, 3.8) is 0 Å². The van der Waals surface area contributed by atoms with E-state index in [0.717, 1.165) is 53.9 Å². The van der Waals surface area contributed by atoms with Crippen LogP contribution in [0, 0.1) is 0 Å². The molecule has 0 spiro atoms. The first kappa shape index (κ1) is 22.4. The molecule has 4 aromatic rings. The molecule has 10 heteroatoms. The van der Waals surface area contributed by atoms with E-state index in [4.69, 9.17) is 11.6 Å². The second-order valence-corrected chi connectivity index (χ2v) is 9.31. The number of fused-ring (bicyclic) bond motifs is 1. The number of aromatic nitrogens is 5. The van der Waals surface area contributed by atoms with E-state index in [2.05, 4.69) is 44.2 Å². The number of hydrogen-bond acceptors (Lipinski definition) is 6. The number of carbonyl (C=O) groups excluding carboxylic acids is 1. The lowest BCUT2D eigenvalue weighted by Crippen LogP contribution is -2.44. The quantitative estimate of drug-likeness (QED) is 0.451. The minimum atomic E-state index is 0.00498. The highest BCUT2D eigenvalue weighted by Gasteiger charge is 2.25. The zero-order valence-electron chi connectivity index (χ0n) is 19.4. The third-order valence-corrected chi connectivity index (χ3v) is 6.57. The second-order valence-electron chi connectivity index (χ2n) is 8.91. The molecule has 1 fully saturated rings. The van der Waals surface area contributed by atoms with Gasteiger partial charge in [-0.05, 0) is 51.2 Å². The van der Waals surface area contributed by atoms with Crippen molar-refractivity contribution in [1.82, 2.24) is 34.3 Å². The van der Waals surface area contributed by atoms with Crippen LogP contribution in [0.15, 0.2) is 43.0 Å². The zero-order chi connectivity index (χ0) is 23.8. The molecule has 1 amide bonds. The smallest absolute Gasteiger partial charge is 0.270 e. The average Bonchev–Trinajstić information content (AvgIpc) is 3.45. The highest BCUT2D eigenvalue weighted by Crippen LogP contribution is 2.30. The molecule has 1 aliphatic rings. The van der Waals surface area contributed by atoms with Crippen LogP contribution in [-0.4, -0.2) is 73.4 Å². The number of imidazole rings is 1. The summed E-state index contributed by atoms with van der Waals surface area (Å²) < 4.78 is 1.87. The first-order valence-electron chi connectivity index (χ1n) is 11.2. The molecule has 1 saturated heterocycles. The molecule has 2 N–H and O–H groups in total. The van der Waals surface area contributed by atoms with Gasteiger partial charge in [-0.2, -0.15) is 0 Å². The molecule has 3 aromatic heterocycles. The maximum atomic E-state index is 13.1. The van der Waals surface area contributed by atoms with E-state index in [-0.39, 0.29) is 5.91 Å². The Hall–Kier alpha value is -3.43. The van der Waals surface area contributed by atoms with Crippen LogP contribution >= 0.6 is 11.6 Å². The van der Waals surface area contributed by atoms with Crippen molar-refractivity contribution >= 4 is 40.0 Å². The van der Waals surface area contributed by atoms with Crippen molar-refractivity contribution < 1.29 is 4.79 Å². The van der Waals surface area contributed by atoms with Gasteiger partial charge in [-0.25, -0.2) is 15.0 Å². The highest BCUT2D eigenvalue weighted by atomic mass is 35.5. The van der Waals surface area contributed by atoms with E-state index in [0.29, 0.717) is 22.7 Å². The Morgan fingerprint density at radius 1 is 1.18 bits per heavy atom. The summed E-state index contributed by atoms with van der Waals surface area (Å²) in [4.78, 5) is 33.7. The lowest BCUT2D eigenvalue weighted by Gasteiger charge is -2.35. The predicted octanol–water partition coefficient (Wildman–Crippen LogP) is 3.92. The van der Waals surface area contributed by atoms with E-state index >= 15 is 0 Å². The summed E-state index contributed by atoms with van der Waals surface area (Å²) in [6.45, 7) is 1.50. The number of benzene rings is 1. The number of H-pyrrole nitrogens is 1. The number of halogens is 1. The molecule has 0 atom stereocenters. The Morgan fingerprint density at radius 3 is 2.68 bits per heavy atom. The normalized spacial score (nSPS) is 14.8. The summed E-state index contributed by atoms with van der Waals surface area (Å²) >= 11 is 6.56. The summed E-state index contributed by atoms with van der Waals surface area (Å²) in [6.07, 6.45) is 7.27. The summed E-state index contributed by atoms with van der Waals surface area (Å²) in [6, 6.07) is 7.93. The Morgan fingerprint density at radius 2 is 1.97 bits per heavy atom. The minimum Gasteiger partial charge on any atom is -0.349 e. The summed E-state index contributed by atoms with van der Waals surface area (Å²) in [7, 11) is 6.09. The van der Waals surface area contributed by atoms with Crippen molar-refractivity contribution in [1.29, 1.82) is 0 Å². The first-order chi connectivity index (χ1) is 16.4. The average molecular weight is 479 g/mol. The maximum Gasteiger partial charge on any atom is 0.270 e. The van der Waals surface area contributed by atoms with Crippen molar-refractivity contribution in [3.8, 4) is 11.4 Å². The van der Waals surface area contributed by atoms with Gasteiger partial charge in [0.25, 0.3) is 5.91 Å². The van der Waals surface area contributed by atoms with Gasteiger partial charge in [-0.3, -0.25) is 4.79 Å². The van der Waals surface area contributed by atoms with Gasteiger partial charge in [0.1, 0.15) is 11.4 Å². The van der Waals surface area contributed by atoms with Crippen molar-refractivity contribution in [2.45, 2.75) is 18.9 Å². The van der Waals surface area contributed by atoms with Crippen LogP contribution in [0.1, 0.15) is 23.3 Å². The lowest BCUT2D eigenvalue weighted by atomic mass is 10.0. The Bertz CT molecular complexity index is 1340. The van der Waals surface area contributed by atoms with Crippen molar-refractivity contribution in [2.24, 2.45) is 7.05 Å². The third kappa shape index (κ3) is 4.49. The summed E-state index contributed by atoms with van der Waals surface area (Å²) in [5, 5.41) is 4.59. The van der Waals surface area contributed by atoms with Gasteiger partial charge < -0.3 is 24.7 Å². The van der Waals surface area contributed by atoms with Crippen LogP contribution in [0.3, 0.4) is 0 Å². The molecule has 1 aliphatic heterocycles. The number of rotatable bonds is 5. The Balaban J connectivity index is 1.35. The summed E-state index contributed by atoms with van der Waals surface area (Å²) in [5.41, 5.74) is 3.51. The molecule has 1 aromatic carbocycles. The Kier molecular flexibility index (Phi) is 5.97. The molecular weight excluding hydrogens is 452 g/mol. The van der Waals surface area contributed by atoms with Crippen LogP contribution in [0.25, 0.3) is 22.3 Å². The highest BCUT2D eigenvalue weighted by molar-refractivity contribution is 6.35. The van der Waals surface area contributed by atoms with Crippen molar-refractivity contribution in [3.05, 3.63) is 53.7 Å². The van der Waals surface area contributed by atoms with Crippen molar-refractivity contribution in [2.75, 3.05) is 32.5 Å². The van der Waals surface area contributed by atoms with Gasteiger partial charge in [0.15, 0.2) is 0 Å². The molecule has 9 nitrogen and oxygen atoms in total. The molecule has 0 saturated carbocycles. The molecule has 0 bridgehead atoms. The SMILES string of the molecule is CN(C)C1CCN(C(=O)c2cc3cc(Nc4nccc(-c5cn(C)cn5)n4)cc(Cl)c3[nH]2)CC1. The fourth-order valence-corrected chi connectivity index (χ4v) is 4.65. The molecule has 0 radical (unpaired) electrons. The summed E-state index contributed by atoms with van der Waals surface area (Å²) in [5.74, 6) is 0.444. The zero-order valence-corrected chi connectivity index (χ0v) is 20.2. The number of carbonyl (C=O) groups is 1. The minimum absolute atomic E-state index is 0.00498. The fraction of sp³-hybridized carbons (Fsp3) is 0.333. The number of anilines is 2. The van der Waals surface area contributed by atoms with Gasteiger partial charge in [0.2, 0.25) is 5.95 Å². The van der Waals surface area contributed by atoms with Gasteiger partial charge in [-0.1, -0.05) is 11.6 Å². The number of aromatic amines is 1. The lowest BCUT2D eigenvalue weighted by molar-refractivity contribution is 0.0658. The number of aryl methyl sites for hydroxylation is 1. The third-order valence-electron chi connectivity index (χ3n) is 6.27. The molecule has 0 unspecified atom stereocenters. The van der Waals surface area contributed by atoms with Crippen LogP contribution in [0.4, 0.5) is 11.6 Å². The maximum absolute atomic E-state index is 13.1. The van der Waals surface area contributed by atoms with Gasteiger partial charge >= 0.3 is 0 Å². The largest absolute Gasteiger partial charge is 0.349 e. The van der Waals surface area contributed by atoms with E-state index in [1.807, 2.05) is 40.9 Å². The van der Waals surface area contributed by atoms with E-state index in [1.165, 1.54) is 0 Å². The predicted molar refractivity (Wildman–Crippen MR) is 133 cm³/mol. The van der Waals surface area contributed by atoms with Gasteiger partial charge in [0.05, 0.1) is 22.6 Å². The number of amides is 1.